The molecule has 0 radical (unpaired) electrons. The normalized spacial score (nSPS) is 10.6. The van der Waals surface area contributed by atoms with E-state index in [0.717, 1.165) is 18.2 Å². The molecule has 0 fully saturated rings. The summed E-state index contributed by atoms with van der Waals surface area (Å²) in [5.74, 6) is 0.445. The molecule has 0 saturated carbocycles. The topological polar surface area (TPSA) is 88.6 Å². The van der Waals surface area contributed by atoms with Gasteiger partial charge in [-0.2, -0.15) is 0 Å². The fraction of sp³-hybridized carbons (Fsp3) is 0.308. The number of aromatic amines is 1. The van der Waals surface area contributed by atoms with Gasteiger partial charge in [0.2, 0.25) is 0 Å². The van der Waals surface area contributed by atoms with Gasteiger partial charge in [0.15, 0.2) is 11.4 Å². The second-order valence-electron chi connectivity index (χ2n) is 4.29. The molecule has 2 aromatic heterocycles. The average Bonchev–Trinajstić information content (AvgIpc) is 2.37. The summed E-state index contributed by atoms with van der Waals surface area (Å²) in [4.78, 5) is 37.8. The maximum atomic E-state index is 11.6. The van der Waals surface area contributed by atoms with Gasteiger partial charge in [-0.05, 0) is 25.1 Å². The van der Waals surface area contributed by atoms with Crippen LogP contribution in [0.2, 0.25) is 5.15 Å². The molecule has 0 bridgehead atoms. The van der Waals surface area contributed by atoms with Crippen molar-refractivity contribution < 1.29 is 4.79 Å². The molecule has 2 rings (SSSR count). The fourth-order valence-corrected chi connectivity index (χ4v) is 2.95. The number of rotatable bonds is 5. The molecule has 110 valence electrons. The number of halogens is 1. The Balaban J connectivity index is 2.42. The maximum absolute atomic E-state index is 11.6. The molecule has 0 aliphatic carbocycles. The molecule has 8 heteroatoms. The highest BCUT2D eigenvalue weighted by Gasteiger charge is 2.14. The number of hydrogen-bond acceptors (Lipinski definition) is 6. The van der Waals surface area contributed by atoms with Crippen LogP contribution in [-0.4, -0.2) is 26.2 Å². The van der Waals surface area contributed by atoms with E-state index in [4.69, 9.17) is 11.6 Å². The molecule has 1 N–H and O–H groups in total. The van der Waals surface area contributed by atoms with Crippen molar-refractivity contribution in [3.8, 4) is 0 Å². The lowest BCUT2D eigenvalue weighted by molar-refractivity contribution is 0.112. The van der Waals surface area contributed by atoms with Crippen LogP contribution in [0.15, 0.2) is 21.0 Å². The van der Waals surface area contributed by atoms with E-state index >= 15 is 0 Å². The summed E-state index contributed by atoms with van der Waals surface area (Å²) in [5, 5.41) is 0.842. The number of carbonyl (C=O) groups excluding carboxylic acids is 1. The molecule has 0 unspecified atom stereocenters. The van der Waals surface area contributed by atoms with Gasteiger partial charge in [0, 0.05) is 11.8 Å². The van der Waals surface area contributed by atoms with Crippen LogP contribution in [0, 0.1) is 6.92 Å². The Labute approximate surface area is 130 Å². The monoisotopic (exact) mass is 324 g/mol. The first-order valence-corrected chi connectivity index (χ1v) is 7.50. The third-order valence-electron chi connectivity index (χ3n) is 2.57. The van der Waals surface area contributed by atoms with Crippen LogP contribution >= 0.6 is 23.4 Å². The Morgan fingerprint density at radius 1 is 1.38 bits per heavy atom. The van der Waals surface area contributed by atoms with Crippen LogP contribution in [0.4, 0.5) is 0 Å². The summed E-state index contributed by atoms with van der Waals surface area (Å²) < 4.78 is 0. The minimum Gasteiger partial charge on any atom is -0.301 e. The Bertz CT molecular complexity index is 733. The zero-order valence-corrected chi connectivity index (χ0v) is 13.1. The van der Waals surface area contributed by atoms with Crippen molar-refractivity contribution in [2.24, 2.45) is 0 Å². The highest BCUT2D eigenvalue weighted by atomic mass is 35.5. The number of H-pyrrole nitrogens is 1. The lowest BCUT2D eigenvalue weighted by Gasteiger charge is -2.06. The van der Waals surface area contributed by atoms with Crippen molar-refractivity contribution in [2.75, 3.05) is 0 Å². The van der Waals surface area contributed by atoms with Crippen LogP contribution in [0.5, 0.6) is 0 Å². The number of nitrogens with one attached hydrogen (secondary N) is 1. The van der Waals surface area contributed by atoms with Gasteiger partial charge in [0.25, 0.3) is 5.56 Å². The van der Waals surface area contributed by atoms with Crippen molar-refractivity contribution in [1.82, 2.24) is 19.9 Å². The quantitative estimate of drug-likeness (QED) is 0.516. The standard InChI is InChI=1S/C13H13ClN4O2S/c1-3-4-8-5-10(20)18-13(17-8)21-12-9(6-19)11(14)15-7(2)16-12/h5-6H,3-4H2,1-2H3,(H,17,18,20). The third-order valence-corrected chi connectivity index (χ3v) is 3.75. The van der Waals surface area contributed by atoms with Gasteiger partial charge >= 0.3 is 0 Å². The van der Waals surface area contributed by atoms with Crippen LogP contribution in [0.25, 0.3) is 0 Å². The van der Waals surface area contributed by atoms with Gasteiger partial charge < -0.3 is 4.98 Å². The van der Waals surface area contributed by atoms with Crippen LogP contribution in [0.1, 0.15) is 35.2 Å². The number of nitrogens with zero attached hydrogens (tertiary/aromatic N) is 3. The number of carbonyl (C=O) groups is 1. The molecule has 0 amide bonds. The van der Waals surface area contributed by atoms with Crippen LogP contribution in [0.3, 0.4) is 0 Å². The van der Waals surface area contributed by atoms with Gasteiger partial charge in [-0.1, -0.05) is 24.9 Å². The number of aldehydes is 1. The van der Waals surface area contributed by atoms with Gasteiger partial charge in [0.05, 0.1) is 5.56 Å². The predicted octanol–water partition coefficient (Wildman–Crippen LogP) is 2.44. The highest BCUT2D eigenvalue weighted by molar-refractivity contribution is 7.99. The summed E-state index contributed by atoms with van der Waals surface area (Å²) in [6.07, 6.45) is 2.19. The Hall–Kier alpha value is -1.73. The Morgan fingerprint density at radius 3 is 2.81 bits per heavy atom. The number of hydrogen-bond donors (Lipinski definition) is 1. The van der Waals surface area contributed by atoms with E-state index < -0.39 is 0 Å². The van der Waals surface area contributed by atoms with Crippen molar-refractivity contribution in [2.45, 2.75) is 36.9 Å². The van der Waals surface area contributed by atoms with Crippen molar-refractivity contribution in [1.29, 1.82) is 0 Å². The molecule has 21 heavy (non-hydrogen) atoms. The summed E-state index contributed by atoms with van der Waals surface area (Å²) in [6.45, 7) is 3.68. The number of aromatic nitrogens is 4. The fourth-order valence-electron chi connectivity index (χ4n) is 1.71. The van der Waals surface area contributed by atoms with Crippen LogP contribution in [-0.2, 0) is 6.42 Å². The first-order valence-electron chi connectivity index (χ1n) is 6.31. The average molecular weight is 325 g/mol. The minimum atomic E-state index is -0.236. The van der Waals surface area contributed by atoms with E-state index in [0.29, 0.717) is 34.4 Å². The van der Waals surface area contributed by atoms with Crippen LogP contribution < -0.4 is 5.56 Å². The van der Waals surface area contributed by atoms with Crippen molar-refractivity contribution in [3.63, 3.8) is 0 Å². The molecule has 0 spiro atoms. The first kappa shape index (κ1) is 15.7. The van der Waals surface area contributed by atoms with E-state index in [9.17, 15) is 9.59 Å². The predicted molar refractivity (Wildman–Crippen MR) is 80.1 cm³/mol. The summed E-state index contributed by atoms with van der Waals surface area (Å²) >= 11 is 7.01. The second kappa shape index (κ2) is 6.82. The molecule has 0 atom stereocenters. The number of aryl methyl sites for hydroxylation is 2. The molecular formula is C13H13ClN4O2S. The molecule has 0 aromatic carbocycles. The molecule has 2 heterocycles. The first-order chi connectivity index (χ1) is 10.0. The molecule has 0 aliphatic rings. The SMILES string of the molecule is CCCc1cc(=O)[nH]c(Sc2nc(C)nc(Cl)c2C=O)n1. The minimum absolute atomic E-state index is 0.0899. The summed E-state index contributed by atoms with van der Waals surface area (Å²) in [5.41, 5.74) is 0.657. The maximum Gasteiger partial charge on any atom is 0.251 e. The van der Waals surface area contributed by atoms with Gasteiger partial charge in [-0.15, -0.1) is 0 Å². The van der Waals surface area contributed by atoms with E-state index in [2.05, 4.69) is 19.9 Å². The zero-order chi connectivity index (χ0) is 15.4. The zero-order valence-electron chi connectivity index (χ0n) is 11.5. The Morgan fingerprint density at radius 2 is 2.14 bits per heavy atom. The Kier molecular flexibility index (Phi) is 5.08. The molecule has 0 aliphatic heterocycles. The molecular weight excluding hydrogens is 312 g/mol. The van der Waals surface area contributed by atoms with Gasteiger partial charge in [0.1, 0.15) is 16.0 Å². The van der Waals surface area contributed by atoms with E-state index in [1.165, 1.54) is 6.07 Å². The lowest BCUT2D eigenvalue weighted by Crippen LogP contribution is -2.10. The van der Waals surface area contributed by atoms with Gasteiger partial charge in [-0.25, -0.2) is 15.0 Å². The van der Waals surface area contributed by atoms with E-state index in [1.54, 1.807) is 6.92 Å². The second-order valence-corrected chi connectivity index (χ2v) is 5.63. The largest absolute Gasteiger partial charge is 0.301 e. The third kappa shape index (κ3) is 3.89. The van der Waals surface area contributed by atoms with Gasteiger partial charge in [-0.3, -0.25) is 9.59 Å². The van der Waals surface area contributed by atoms with E-state index in [1.807, 2.05) is 6.92 Å². The highest BCUT2D eigenvalue weighted by Crippen LogP contribution is 2.28. The molecule has 2 aromatic rings. The van der Waals surface area contributed by atoms with Crippen molar-refractivity contribution in [3.05, 3.63) is 38.7 Å². The van der Waals surface area contributed by atoms with Crippen molar-refractivity contribution >= 4 is 29.6 Å². The summed E-state index contributed by atoms with van der Waals surface area (Å²) in [6, 6.07) is 1.46. The molecule has 6 nitrogen and oxygen atoms in total. The molecule has 0 saturated heterocycles. The van der Waals surface area contributed by atoms with E-state index in [-0.39, 0.29) is 16.3 Å². The summed E-state index contributed by atoms with van der Waals surface area (Å²) in [7, 11) is 0. The smallest absolute Gasteiger partial charge is 0.251 e. The lowest BCUT2D eigenvalue weighted by atomic mass is 10.2.